The molecule has 0 spiro atoms. The Morgan fingerprint density at radius 2 is 1.90 bits per heavy atom. The van der Waals surface area contributed by atoms with Gasteiger partial charge in [0.05, 0.1) is 12.0 Å². The molecule has 1 aliphatic rings. The molecule has 9 nitrogen and oxygen atoms in total. The van der Waals surface area contributed by atoms with Gasteiger partial charge in [-0.3, -0.25) is 9.59 Å². The number of ketones is 2. The van der Waals surface area contributed by atoms with Gasteiger partial charge in [-0.1, -0.05) is 29.8 Å². The molecule has 31 heavy (non-hydrogen) atoms. The number of hydrogen-bond acceptors (Lipinski definition) is 8. The molecule has 162 valence electrons. The Bertz CT molecular complexity index is 1020. The predicted octanol–water partition coefficient (Wildman–Crippen LogP) is 3.45. The zero-order valence-corrected chi connectivity index (χ0v) is 17.6. The first-order valence-electron chi connectivity index (χ1n) is 9.62. The van der Waals surface area contributed by atoms with Crippen LogP contribution in [0.15, 0.2) is 45.8 Å². The monoisotopic (exact) mass is 443 g/mol. The molecule has 0 bridgehead atoms. The van der Waals surface area contributed by atoms with Crippen molar-refractivity contribution in [1.29, 1.82) is 0 Å². The quantitative estimate of drug-likeness (QED) is 0.446. The fourth-order valence-electron chi connectivity index (χ4n) is 2.87. The molecule has 1 aromatic heterocycles. The van der Waals surface area contributed by atoms with Crippen molar-refractivity contribution in [3.05, 3.63) is 58.3 Å². The van der Waals surface area contributed by atoms with Crippen LogP contribution in [0.5, 0.6) is 0 Å². The number of fused-ring (bicyclic) bond motifs is 1. The van der Waals surface area contributed by atoms with Crippen LogP contribution in [-0.2, 0) is 4.74 Å². The van der Waals surface area contributed by atoms with Crippen LogP contribution in [0, 0.1) is 0 Å². The van der Waals surface area contributed by atoms with E-state index in [4.69, 9.17) is 4.52 Å². The number of carbonyl (C=O) groups excluding carboxylic acids is 4. The third-order valence-electron chi connectivity index (χ3n) is 4.40. The van der Waals surface area contributed by atoms with Gasteiger partial charge in [0.25, 0.3) is 0 Å². The Hall–Kier alpha value is -3.40. The van der Waals surface area contributed by atoms with E-state index in [9.17, 15) is 19.2 Å². The summed E-state index contributed by atoms with van der Waals surface area (Å²) in [5, 5.41) is 9.03. The van der Waals surface area contributed by atoms with Gasteiger partial charge in [-0.05, 0) is 30.7 Å². The van der Waals surface area contributed by atoms with Gasteiger partial charge in [-0.15, -0.1) is 11.8 Å². The van der Waals surface area contributed by atoms with Crippen LogP contribution in [0.1, 0.15) is 50.7 Å². The highest BCUT2D eigenvalue weighted by molar-refractivity contribution is 8.04. The number of carbonyl (C=O) groups is 4. The van der Waals surface area contributed by atoms with Gasteiger partial charge in [-0.2, -0.15) is 0 Å². The zero-order chi connectivity index (χ0) is 22.2. The highest BCUT2D eigenvalue weighted by Crippen LogP contribution is 2.31. The number of anilines is 1. The average Bonchev–Trinajstić information content (AvgIpc) is 3.22. The molecule has 1 heterocycles. The largest absolute Gasteiger partial charge is 0.464 e. The summed E-state index contributed by atoms with van der Waals surface area (Å²) in [6, 6.07) is 8.90. The maximum Gasteiger partial charge on any atom is 0.361 e. The maximum absolute atomic E-state index is 12.7. The lowest BCUT2D eigenvalue weighted by Gasteiger charge is -2.10. The number of para-hydroxylation sites is 1. The van der Waals surface area contributed by atoms with Crippen LogP contribution in [0.3, 0.4) is 0 Å². The summed E-state index contributed by atoms with van der Waals surface area (Å²) < 4.78 is 9.43. The van der Waals surface area contributed by atoms with Crippen molar-refractivity contribution in [2.45, 2.75) is 19.3 Å². The van der Waals surface area contributed by atoms with E-state index in [0.717, 1.165) is 32.1 Å². The van der Waals surface area contributed by atoms with Crippen molar-refractivity contribution in [2.75, 3.05) is 24.7 Å². The number of ether oxygens (including phenoxy) is 1. The predicted molar refractivity (Wildman–Crippen MR) is 114 cm³/mol. The number of unbranched alkanes of at least 4 members (excludes halogenated alkanes) is 2. The summed E-state index contributed by atoms with van der Waals surface area (Å²) >= 11 is 1.24. The van der Waals surface area contributed by atoms with E-state index in [1.54, 1.807) is 12.1 Å². The molecule has 0 radical (unpaired) electrons. The lowest BCUT2D eigenvalue weighted by Crippen LogP contribution is -2.29. The van der Waals surface area contributed by atoms with Gasteiger partial charge >= 0.3 is 12.0 Å². The number of benzene rings is 1. The number of rotatable bonds is 9. The Balaban J connectivity index is 1.39. The van der Waals surface area contributed by atoms with Crippen LogP contribution in [-0.4, -0.2) is 48.1 Å². The second kappa shape index (κ2) is 10.6. The van der Waals surface area contributed by atoms with Crippen molar-refractivity contribution in [1.82, 2.24) is 10.5 Å². The first-order chi connectivity index (χ1) is 15.0. The molecule has 1 aliphatic carbocycles. The lowest BCUT2D eigenvalue weighted by atomic mass is 10.00. The molecule has 2 aromatic rings. The molecule has 3 rings (SSSR count). The van der Waals surface area contributed by atoms with Crippen LogP contribution in [0.4, 0.5) is 10.5 Å². The van der Waals surface area contributed by atoms with Crippen molar-refractivity contribution >= 4 is 41.0 Å². The third-order valence-corrected chi connectivity index (χ3v) is 5.51. The Morgan fingerprint density at radius 1 is 1.13 bits per heavy atom. The first kappa shape index (κ1) is 22.3. The number of amides is 2. The summed E-state index contributed by atoms with van der Waals surface area (Å²) in [6.45, 7) is 0.524. The summed E-state index contributed by atoms with van der Waals surface area (Å²) in [5.41, 5.74) is 0.292. The SMILES string of the molecule is COC(=O)c1noc2c1C(=O)C(SCCCCCNC(=O)Nc1ccccc1)=CC2=O. The highest BCUT2D eigenvalue weighted by atomic mass is 32.2. The van der Waals surface area contributed by atoms with Gasteiger partial charge in [-0.25, -0.2) is 9.59 Å². The summed E-state index contributed by atoms with van der Waals surface area (Å²) in [6.07, 6.45) is 3.60. The van der Waals surface area contributed by atoms with Crippen LogP contribution >= 0.6 is 11.8 Å². The van der Waals surface area contributed by atoms with Crippen molar-refractivity contribution in [3.8, 4) is 0 Å². The number of thioether (sulfide) groups is 1. The maximum atomic E-state index is 12.7. The molecular weight excluding hydrogens is 422 g/mol. The van der Waals surface area contributed by atoms with Gasteiger partial charge in [0, 0.05) is 18.3 Å². The van der Waals surface area contributed by atoms with Gasteiger partial charge in [0.1, 0.15) is 5.56 Å². The number of Topliss-reactive ketones (excluding diaryl/α,β-unsaturated/α-hetero) is 1. The van der Waals surface area contributed by atoms with Crippen LogP contribution in [0.25, 0.3) is 0 Å². The number of esters is 1. The molecule has 1 aromatic carbocycles. The van der Waals surface area contributed by atoms with E-state index in [0.29, 0.717) is 12.3 Å². The Kier molecular flexibility index (Phi) is 7.60. The van der Waals surface area contributed by atoms with E-state index in [-0.39, 0.29) is 28.0 Å². The normalized spacial score (nSPS) is 12.7. The Morgan fingerprint density at radius 3 is 2.65 bits per heavy atom. The molecule has 0 aliphatic heterocycles. The second-order valence-corrected chi connectivity index (χ2v) is 7.72. The smallest absolute Gasteiger partial charge is 0.361 e. The van der Waals surface area contributed by atoms with Gasteiger partial charge in [0.15, 0.2) is 0 Å². The van der Waals surface area contributed by atoms with Gasteiger partial charge < -0.3 is 19.9 Å². The fraction of sp³-hybridized carbons (Fsp3) is 0.286. The summed E-state index contributed by atoms with van der Waals surface area (Å²) in [7, 11) is 1.16. The standard InChI is InChI=1S/C21H21N3O6S/c1-29-20(27)17-16-18(26)15(12-14(25)19(16)30-24-17)31-11-7-3-6-10-22-21(28)23-13-8-4-2-5-9-13/h2,4-5,8-9,12H,3,6-7,10-11H2,1H3,(H2,22,23,28). The van der Waals surface area contributed by atoms with Crippen molar-refractivity contribution < 1.29 is 28.4 Å². The number of urea groups is 1. The van der Waals surface area contributed by atoms with Crippen LogP contribution < -0.4 is 10.6 Å². The molecule has 0 fully saturated rings. The van der Waals surface area contributed by atoms with Gasteiger partial charge in [0.2, 0.25) is 23.0 Å². The third kappa shape index (κ3) is 5.60. The topological polar surface area (TPSA) is 128 Å². The molecular formula is C21H21N3O6S. The highest BCUT2D eigenvalue weighted by Gasteiger charge is 2.36. The minimum Gasteiger partial charge on any atom is -0.464 e. The lowest BCUT2D eigenvalue weighted by molar-refractivity contribution is 0.0586. The van der Waals surface area contributed by atoms with Crippen molar-refractivity contribution in [3.63, 3.8) is 0 Å². The number of nitrogens with one attached hydrogen (secondary N) is 2. The minimum atomic E-state index is -0.832. The number of hydrogen-bond donors (Lipinski definition) is 2. The molecule has 2 amide bonds. The summed E-state index contributed by atoms with van der Waals surface area (Å²) in [4.78, 5) is 48.6. The van der Waals surface area contributed by atoms with E-state index >= 15 is 0 Å². The number of methoxy groups -OCH3 is 1. The molecule has 0 saturated heterocycles. The zero-order valence-electron chi connectivity index (χ0n) is 16.8. The molecule has 2 N–H and O–H groups in total. The van der Waals surface area contributed by atoms with Crippen molar-refractivity contribution in [2.24, 2.45) is 0 Å². The van der Waals surface area contributed by atoms with E-state index in [1.807, 2.05) is 18.2 Å². The Labute approximate surface area is 182 Å². The molecule has 0 saturated carbocycles. The number of aromatic nitrogens is 1. The first-order valence-corrected chi connectivity index (χ1v) is 10.6. The van der Waals surface area contributed by atoms with E-state index in [2.05, 4.69) is 20.5 Å². The molecule has 0 atom stereocenters. The second-order valence-electron chi connectivity index (χ2n) is 6.58. The number of nitrogens with zero attached hydrogens (tertiary/aromatic N) is 1. The fourth-order valence-corrected chi connectivity index (χ4v) is 3.86. The van der Waals surface area contributed by atoms with E-state index in [1.165, 1.54) is 17.8 Å². The van der Waals surface area contributed by atoms with Crippen LogP contribution in [0.2, 0.25) is 0 Å². The molecule has 10 heteroatoms. The summed E-state index contributed by atoms with van der Waals surface area (Å²) in [5.74, 6) is -1.44. The molecule has 0 unspecified atom stereocenters. The minimum absolute atomic E-state index is 0.143. The number of allylic oxidation sites excluding steroid dienone is 2. The average molecular weight is 443 g/mol. The van der Waals surface area contributed by atoms with E-state index < -0.39 is 17.5 Å².